The molecular weight excluding hydrogens is 322 g/mol. The van der Waals surface area contributed by atoms with Crippen LogP contribution >= 0.6 is 0 Å². The fourth-order valence-corrected chi connectivity index (χ4v) is 2.82. The number of para-hydroxylation sites is 2. The van der Waals surface area contributed by atoms with Gasteiger partial charge in [-0.2, -0.15) is 0 Å². The van der Waals surface area contributed by atoms with Gasteiger partial charge >= 0.3 is 0 Å². The molecule has 1 aromatic heterocycles. The highest BCUT2D eigenvalue weighted by molar-refractivity contribution is 5.88. The number of ether oxygens (including phenoxy) is 1. The van der Waals surface area contributed by atoms with Crippen molar-refractivity contribution in [3.05, 3.63) is 90.8 Å². The van der Waals surface area contributed by atoms with Crippen LogP contribution in [-0.4, -0.2) is 16.5 Å². The van der Waals surface area contributed by atoms with Crippen LogP contribution in [0.4, 0.5) is 5.82 Å². The van der Waals surface area contributed by atoms with Gasteiger partial charge in [-0.15, -0.1) is 0 Å². The van der Waals surface area contributed by atoms with E-state index >= 15 is 0 Å². The van der Waals surface area contributed by atoms with E-state index in [0.717, 1.165) is 41.2 Å². The van der Waals surface area contributed by atoms with Gasteiger partial charge in [0.1, 0.15) is 23.6 Å². The van der Waals surface area contributed by atoms with Crippen molar-refractivity contribution < 1.29 is 4.74 Å². The second-order valence-electron chi connectivity index (χ2n) is 5.98. The van der Waals surface area contributed by atoms with Gasteiger partial charge in [-0.05, 0) is 48.4 Å². The van der Waals surface area contributed by atoms with E-state index in [1.54, 1.807) is 6.33 Å². The molecule has 26 heavy (non-hydrogen) atoms. The van der Waals surface area contributed by atoms with E-state index in [1.165, 1.54) is 5.56 Å². The highest BCUT2D eigenvalue weighted by Gasteiger charge is 2.02. The molecule has 0 bridgehead atoms. The molecular formula is C22H19N3O. The molecule has 0 aliphatic carbocycles. The Morgan fingerprint density at radius 3 is 2.31 bits per heavy atom. The fraction of sp³-hybridized carbons (Fsp3) is 0.0909. The topological polar surface area (TPSA) is 47.0 Å². The molecule has 0 radical (unpaired) electrons. The van der Waals surface area contributed by atoms with Crippen LogP contribution in [0.1, 0.15) is 5.56 Å². The normalized spacial score (nSPS) is 10.6. The van der Waals surface area contributed by atoms with Crippen molar-refractivity contribution in [3.8, 4) is 11.5 Å². The van der Waals surface area contributed by atoms with E-state index in [1.807, 2.05) is 66.7 Å². The minimum absolute atomic E-state index is 0.805. The van der Waals surface area contributed by atoms with Gasteiger partial charge in [0.15, 0.2) is 0 Å². The Balaban J connectivity index is 1.36. The molecule has 0 fully saturated rings. The number of nitrogens with one attached hydrogen (secondary N) is 1. The van der Waals surface area contributed by atoms with E-state index in [4.69, 9.17) is 4.74 Å². The Bertz CT molecular complexity index is 980. The van der Waals surface area contributed by atoms with E-state index < -0.39 is 0 Å². The SMILES string of the molecule is c1ccc(Oc2ccc(CCNc3ncnc4ccccc34)cc2)cc1. The van der Waals surface area contributed by atoms with Crippen LogP contribution in [0.25, 0.3) is 10.9 Å². The molecule has 4 heteroatoms. The fourth-order valence-electron chi connectivity index (χ4n) is 2.82. The van der Waals surface area contributed by atoms with Gasteiger partial charge in [0.05, 0.1) is 5.52 Å². The number of rotatable bonds is 6. The Labute approximate surface area is 152 Å². The van der Waals surface area contributed by atoms with Crippen molar-refractivity contribution in [2.45, 2.75) is 6.42 Å². The average molecular weight is 341 g/mol. The first kappa shape index (κ1) is 16.1. The molecule has 4 rings (SSSR count). The van der Waals surface area contributed by atoms with Crippen molar-refractivity contribution in [1.82, 2.24) is 9.97 Å². The highest BCUT2D eigenvalue weighted by Crippen LogP contribution is 2.22. The van der Waals surface area contributed by atoms with Crippen LogP contribution in [0.2, 0.25) is 0 Å². The summed E-state index contributed by atoms with van der Waals surface area (Å²) in [5, 5.41) is 4.45. The van der Waals surface area contributed by atoms with Gasteiger partial charge in [-0.1, -0.05) is 42.5 Å². The maximum atomic E-state index is 5.82. The zero-order valence-corrected chi connectivity index (χ0v) is 14.3. The second kappa shape index (κ2) is 7.66. The third kappa shape index (κ3) is 3.81. The lowest BCUT2D eigenvalue weighted by atomic mass is 10.1. The molecule has 128 valence electrons. The summed E-state index contributed by atoms with van der Waals surface area (Å²) in [6, 6.07) is 26.0. The molecule has 0 unspecified atom stereocenters. The van der Waals surface area contributed by atoms with E-state index in [9.17, 15) is 0 Å². The Morgan fingerprint density at radius 2 is 1.46 bits per heavy atom. The summed E-state index contributed by atoms with van der Waals surface area (Å²) in [5.74, 6) is 2.56. The molecule has 0 spiro atoms. The summed E-state index contributed by atoms with van der Waals surface area (Å²) in [6.45, 7) is 0.805. The standard InChI is InChI=1S/C22H19N3O/c1-2-6-18(7-3-1)26-19-12-10-17(11-13-19)14-15-23-22-20-8-4-5-9-21(20)24-16-25-22/h1-13,16H,14-15H2,(H,23,24,25). The Kier molecular flexibility index (Phi) is 4.74. The van der Waals surface area contributed by atoms with Crippen LogP contribution in [-0.2, 0) is 6.42 Å². The molecule has 0 amide bonds. The van der Waals surface area contributed by atoms with Crippen LogP contribution in [0.15, 0.2) is 85.2 Å². The van der Waals surface area contributed by atoms with Crippen LogP contribution in [0, 0.1) is 0 Å². The molecule has 1 N–H and O–H groups in total. The van der Waals surface area contributed by atoms with Gasteiger partial charge < -0.3 is 10.1 Å². The molecule has 3 aromatic carbocycles. The average Bonchev–Trinajstić information content (AvgIpc) is 2.70. The van der Waals surface area contributed by atoms with Gasteiger partial charge in [-0.3, -0.25) is 0 Å². The Morgan fingerprint density at radius 1 is 0.731 bits per heavy atom. The second-order valence-corrected chi connectivity index (χ2v) is 5.98. The molecule has 4 aromatic rings. The monoisotopic (exact) mass is 341 g/mol. The number of hydrogen-bond acceptors (Lipinski definition) is 4. The summed E-state index contributed by atoms with van der Waals surface area (Å²) < 4.78 is 5.82. The first-order valence-corrected chi connectivity index (χ1v) is 8.64. The smallest absolute Gasteiger partial charge is 0.137 e. The molecule has 4 nitrogen and oxygen atoms in total. The Hall–Kier alpha value is -3.40. The quantitative estimate of drug-likeness (QED) is 0.531. The van der Waals surface area contributed by atoms with Crippen molar-refractivity contribution in [3.63, 3.8) is 0 Å². The van der Waals surface area contributed by atoms with E-state index in [-0.39, 0.29) is 0 Å². The van der Waals surface area contributed by atoms with Gasteiger partial charge in [0.2, 0.25) is 0 Å². The van der Waals surface area contributed by atoms with Crippen molar-refractivity contribution in [2.24, 2.45) is 0 Å². The van der Waals surface area contributed by atoms with Crippen LogP contribution in [0.3, 0.4) is 0 Å². The summed E-state index contributed by atoms with van der Waals surface area (Å²) in [5.41, 5.74) is 2.20. The molecule has 1 heterocycles. The first-order chi connectivity index (χ1) is 12.9. The maximum absolute atomic E-state index is 5.82. The number of fused-ring (bicyclic) bond motifs is 1. The molecule has 0 atom stereocenters. The lowest BCUT2D eigenvalue weighted by Gasteiger charge is -2.09. The minimum Gasteiger partial charge on any atom is -0.457 e. The number of anilines is 1. The molecule has 0 saturated carbocycles. The predicted molar refractivity (Wildman–Crippen MR) is 105 cm³/mol. The number of hydrogen-bond donors (Lipinski definition) is 1. The minimum atomic E-state index is 0.805. The van der Waals surface area contributed by atoms with Crippen LogP contribution < -0.4 is 10.1 Å². The highest BCUT2D eigenvalue weighted by atomic mass is 16.5. The third-order valence-corrected chi connectivity index (χ3v) is 4.15. The maximum Gasteiger partial charge on any atom is 0.137 e. The lowest BCUT2D eigenvalue weighted by Crippen LogP contribution is -2.07. The summed E-state index contributed by atoms with van der Waals surface area (Å²) in [4.78, 5) is 8.64. The number of benzene rings is 3. The predicted octanol–water partition coefficient (Wildman–Crippen LogP) is 5.08. The summed E-state index contributed by atoms with van der Waals surface area (Å²) in [6.07, 6.45) is 2.50. The van der Waals surface area contributed by atoms with Crippen molar-refractivity contribution >= 4 is 16.7 Å². The van der Waals surface area contributed by atoms with Gasteiger partial charge in [0.25, 0.3) is 0 Å². The number of aromatic nitrogens is 2. The zero-order chi connectivity index (χ0) is 17.6. The van der Waals surface area contributed by atoms with Crippen molar-refractivity contribution in [2.75, 3.05) is 11.9 Å². The first-order valence-electron chi connectivity index (χ1n) is 8.64. The van der Waals surface area contributed by atoms with Crippen molar-refractivity contribution in [1.29, 1.82) is 0 Å². The van der Waals surface area contributed by atoms with Crippen LogP contribution in [0.5, 0.6) is 11.5 Å². The molecule has 0 aliphatic rings. The van der Waals surface area contributed by atoms with Gasteiger partial charge in [0, 0.05) is 11.9 Å². The van der Waals surface area contributed by atoms with E-state index in [2.05, 4.69) is 27.4 Å². The third-order valence-electron chi connectivity index (χ3n) is 4.15. The number of nitrogens with zero attached hydrogens (tertiary/aromatic N) is 2. The lowest BCUT2D eigenvalue weighted by molar-refractivity contribution is 0.482. The molecule has 0 aliphatic heterocycles. The summed E-state index contributed by atoms with van der Waals surface area (Å²) in [7, 11) is 0. The van der Waals surface area contributed by atoms with E-state index in [0.29, 0.717) is 0 Å². The zero-order valence-electron chi connectivity index (χ0n) is 14.3. The summed E-state index contributed by atoms with van der Waals surface area (Å²) >= 11 is 0. The largest absolute Gasteiger partial charge is 0.457 e. The molecule has 0 saturated heterocycles. The van der Waals surface area contributed by atoms with Gasteiger partial charge in [-0.25, -0.2) is 9.97 Å².